The maximum absolute atomic E-state index is 12.9. The van der Waals surface area contributed by atoms with Crippen molar-refractivity contribution in [3.8, 4) is 0 Å². The fraction of sp³-hybridized carbons (Fsp3) is 0.429. The molecular weight excluding hydrogens is 471 g/mol. The molecule has 0 aliphatic carbocycles. The number of benzene rings is 1. The summed E-state index contributed by atoms with van der Waals surface area (Å²) in [6, 6.07) is 0.883. The molecule has 0 bridgehead atoms. The van der Waals surface area contributed by atoms with Crippen LogP contribution in [0.3, 0.4) is 0 Å². The van der Waals surface area contributed by atoms with E-state index in [2.05, 4.69) is 16.0 Å². The van der Waals surface area contributed by atoms with Crippen molar-refractivity contribution < 1.29 is 48.5 Å². The van der Waals surface area contributed by atoms with Crippen LogP contribution in [0.25, 0.3) is 0 Å². The highest BCUT2D eigenvalue weighted by Gasteiger charge is 2.25. The van der Waals surface area contributed by atoms with Crippen molar-refractivity contribution in [2.24, 2.45) is 0 Å². The lowest BCUT2D eigenvalue weighted by Gasteiger charge is -2.18. The Morgan fingerprint density at radius 1 is 0.771 bits per heavy atom. The van der Waals surface area contributed by atoms with Gasteiger partial charge in [-0.15, -0.1) is 0 Å². The molecule has 0 spiro atoms. The first-order valence-corrected chi connectivity index (χ1v) is 10.5. The minimum absolute atomic E-state index is 0.0741. The summed E-state index contributed by atoms with van der Waals surface area (Å²) < 4.78 is 12.9. The van der Waals surface area contributed by atoms with Crippen LogP contribution in [0.4, 0.5) is 9.18 Å². The molecule has 2 atom stereocenters. The quantitative estimate of drug-likeness (QED) is 0.161. The minimum Gasteiger partial charge on any atom is -0.481 e. The Balaban J connectivity index is 2.34. The number of carbonyl (C=O) groups excluding carboxylic acids is 3. The summed E-state index contributed by atoms with van der Waals surface area (Å²) >= 11 is 0. The Labute approximate surface area is 199 Å². The molecule has 0 fully saturated rings. The van der Waals surface area contributed by atoms with Gasteiger partial charge in [0.2, 0.25) is 5.91 Å². The number of rotatable bonds is 15. The van der Waals surface area contributed by atoms with Gasteiger partial charge in [-0.3, -0.25) is 14.4 Å². The molecule has 0 heterocycles. The lowest BCUT2D eigenvalue weighted by Crippen LogP contribution is -2.51. The molecule has 0 aliphatic heterocycles. The van der Waals surface area contributed by atoms with Gasteiger partial charge in [0.15, 0.2) is 0 Å². The molecule has 1 rings (SSSR count). The van der Waals surface area contributed by atoms with Crippen molar-refractivity contribution >= 4 is 35.8 Å². The third-order valence-corrected chi connectivity index (χ3v) is 4.59. The fourth-order valence-corrected chi connectivity index (χ4v) is 2.78. The number of carboxylic acid groups (broad SMARTS) is 3. The molecule has 0 radical (unpaired) electrons. The zero-order valence-corrected chi connectivity index (χ0v) is 18.6. The van der Waals surface area contributed by atoms with Crippen LogP contribution >= 0.6 is 0 Å². The van der Waals surface area contributed by atoms with Crippen LogP contribution in [0.2, 0.25) is 0 Å². The Morgan fingerprint density at radius 2 is 1.31 bits per heavy atom. The van der Waals surface area contributed by atoms with Gasteiger partial charge < -0.3 is 36.6 Å². The van der Waals surface area contributed by atoms with Gasteiger partial charge in [-0.2, -0.15) is 0 Å². The number of halogens is 1. The van der Waals surface area contributed by atoms with E-state index in [-0.39, 0.29) is 44.3 Å². The maximum Gasteiger partial charge on any atom is 0.326 e. The average molecular weight is 498 g/mol. The van der Waals surface area contributed by atoms with E-state index >= 15 is 0 Å². The van der Waals surface area contributed by atoms with E-state index in [0.717, 1.165) is 12.1 Å². The summed E-state index contributed by atoms with van der Waals surface area (Å²) in [5.74, 6) is -5.47. The van der Waals surface area contributed by atoms with Gasteiger partial charge in [-0.1, -0.05) is 0 Å². The van der Waals surface area contributed by atoms with E-state index in [1.807, 2.05) is 5.32 Å². The van der Waals surface area contributed by atoms with Crippen molar-refractivity contribution in [3.05, 3.63) is 35.6 Å². The highest BCUT2D eigenvalue weighted by molar-refractivity contribution is 5.94. The summed E-state index contributed by atoms with van der Waals surface area (Å²) in [7, 11) is 0. The SMILES string of the molecule is O=C(O)CC[C@H](NC(=O)N[C@@H](CCCC(=O)NCCNC(=O)c1ccc(F)cc1)C(=O)O)C(=O)O. The molecule has 4 amide bonds. The van der Waals surface area contributed by atoms with Crippen LogP contribution in [0.1, 0.15) is 42.5 Å². The number of hydrogen-bond donors (Lipinski definition) is 7. The van der Waals surface area contributed by atoms with Crippen LogP contribution in [0, 0.1) is 5.82 Å². The lowest BCUT2D eigenvalue weighted by atomic mass is 10.1. The van der Waals surface area contributed by atoms with Gasteiger partial charge in [0.25, 0.3) is 5.91 Å². The summed E-state index contributed by atoms with van der Waals surface area (Å²) in [5, 5.41) is 36.1. The normalized spacial score (nSPS) is 12.0. The van der Waals surface area contributed by atoms with Gasteiger partial charge >= 0.3 is 23.9 Å². The van der Waals surface area contributed by atoms with Crippen molar-refractivity contribution in [3.63, 3.8) is 0 Å². The fourth-order valence-electron chi connectivity index (χ4n) is 2.78. The maximum atomic E-state index is 12.9. The van der Waals surface area contributed by atoms with Gasteiger partial charge in [0, 0.05) is 31.5 Å². The average Bonchev–Trinajstić information content (AvgIpc) is 2.78. The molecule has 0 aromatic heterocycles. The van der Waals surface area contributed by atoms with Gasteiger partial charge in [0.05, 0.1) is 0 Å². The summed E-state index contributed by atoms with van der Waals surface area (Å²) in [4.78, 5) is 68.7. The molecule has 35 heavy (non-hydrogen) atoms. The Morgan fingerprint density at radius 3 is 1.86 bits per heavy atom. The van der Waals surface area contributed by atoms with Gasteiger partial charge in [-0.25, -0.2) is 18.8 Å². The molecule has 0 unspecified atom stereocenters. The van der Waals surface area contributed by atoms with E-state index in [1.54, 1.807) is 0 Å². The summed E-state index contributed by atoms with van der Waals surface area (Å²) in [6.07, 6.45) is -1.03. The number of carboxylic acids is 3. The first-order chi connectivity index (χ1) is 16.5. The first-order valence-electron chi connectivity index (χ1n) is 10.5. The smallest absolute Gasteiger partial charge is 0.326 e. The zero-order valence-electron chi connectivity index (χ0n) is 18.6. The van der Waals surface area contributed by atoms with Gasteiger partial charge in [0.1, 0.15) is 17.9 Å². The molecule has 13 nitrogen and oxygen atoms in total. The van der Waals surface area contributed by atoms with E-state index in [1.165, 1.54) is 12.1 Å². The summed E-state index contributed by atoms with van der Waals surface area (Å²) in [5.41, 5.74) is 0.255. The Hall–Kier alpha value is -4.23. The van der Waals surface area contributed by atoms with Gasteiger partial charge in [-0.05, 0) is 43.5 Å². The minimum atomic E-state index is -1.52. The van der Waals surface area contributed by atoms with Crippen molar-refractivity contribution in [2.75, 3.05) is 13.1 Å². The number of amides is 4. The monoisotopic (exact) mass is 498 g/mol. The first kappa shape index (κ1) is 28.8. The second kappa shape index (κ2) is 14.8. The zero-order chi connectivity index (χ0) is 26.4. The number of aliphatic carboxylic acids is 3. The number of urea groups is 1. The topological polar surface area (TPSA) is 211 Å². The van der Waals surface area contributed by atoms with Crippen LogP contribution in [-0.4, -0.2) is 76.2 Å². The lowest BCUT2D eigenvalue weighted by molar-refractivity contribution is -0.140. The van der Waals surface area contributed by atoms with E-state index < -0.39 is 60.1 Å². The number of hydrogen-bond acceptors (Lipinski definition) is 6. The third-order valence-electron chi connectivity index (χ3n) is 4.59. The highest BCUT2D eigenvalue weighted by atomic mass is 19.1. The molecule has 0 aliphatic rings. The predicted molar refractivity (Wildman–Crippen MR) is 117 cm³/mol. The number of nitrogens with one attached hydrogen (secondary N) is 4. The van der Waals surface area contributed by atoms with E-state index in [9.17, 15) is 38.3 Å². The molecule has 1 aromatic rings. The second-order valence-electron chi connectivity index (χ2n) is 7.34. The number of carbonyl (C=O) groups is 6. The molecule has 7 N–H and O–H groups in total. The molecule has 1 aromatic carbocycles. The van der Waals surface area contributed by atoms with Crippen LogP contribution in [0.5, 0.6) is 0 Å². The third kappa shape index (κ3) is 12.0. The molecule has 192 valence electrons. The Bertz CT molecular complexity index is 924. The van der Waals surface area contributed by atoms with E-state index in [4.69, 9.17) is 10.2 Å². The molecule has 14 heteroatoms. The molecular formula is C21H27FN4O9. The molecule has 0 saturated heterocycles. The highest BCUT2D eigenvalue weighted by Crippen LogP contribution is 2.04. The van der Waals surface area contributed by atoms with E-state index in [0.29, 0.717) is 0 Å². The Kier molecular flexibility index (Phi) is 12.2. The van der Waals surface area contributed by atoms with Crippen molar-refractivity contribution in [1.82, 2.24) is 21.3 Å². The largest absolute Gasteiger partial charge is 0.481 e. The molecule has 0 saturated carbocycles. The van der Waals surface area contributed by atoms with Crippen LogP contribution in [-0.2, 0) is 19.2 Å². The standard InChI is InChI=1S/C21H27FN4O9/c22-13-6-4-12(5-7-13)18(30)24-11-10-23-16(27)3-1-2-14(19(31)32)25-21(35)26-15(20(33)34)8-9-17(28)29/h4-7,14-15H,1-3,8-11H2,(H,23,27)(H,24,30)(H,28,29)(H,31,32)(H,33,34)(H2,25,26,35)/t14-,15-/m0/s1. The predicted octanol–water partition coefficient (Wildman–Crippen LogP) is -0.0876. The summed E-state index contributed by atoms with van der Waals surface area (Å²) in [6.45, 7) is 0.204. The van der Waals surface area contributed by atoms with Crippen LogP contribution < -0.4 is 21.3 Å². The second-order valence-corrected chi connectivity index (χ2v) is 7.34. The van der Waals surface area contributed by atoms with Crippen molar-refractivity contribution in [2.45, 2.75) is 44.2 Å². The van der Waals surface area contributed by atoms with Crippen LogP contribution in [0.15, 0.2) is 24.3 Å². The van der Waals surface area contributed by atoms with Crippen molar-refractivity contribution in [1.29, 1.82) is 0 Å².